The van der Waals surface area contributed by atoms with Crippen LogP contribution < -0.4 is 4.74 Å². The Bertz CT molecular complexity index is 779. The number of nitrogens with zero attached hydrogens (tertiary/aromatic N) is 1. The minimum absolute atomic E-state index is 0.101. The van der Waals surface area contributed by atoms with E-state index in [9.17, 15) is 15.2 Å². The maximum absolute atomic E-state index is 11.2. The van der Waals surface area contributed by atoms with E-state index in [1.54, 1.807) is 31.0 Å². The Labute approximate surface area is 171 Å². The first-order valence-corrected chi connectivity index (χ1v) is 10.5. The summed E-state index contributed by atoms with van der Waals surface area (Å²) >= 11 is 1.67. The lowest BCUT2D eigenvalue weighted by Gasteiger charge is -2.27. The predicted octanol–water partition coefficient (Wildman–Crippen LogP) is 5.48. The van der Waals surface area contributed by atoms with Crippen molar-refractivity contribution in [2.75, 3.05) is 19.5 Å². The third kappa shape index (κ3) is 6.24. The highest BCUT2D eigenvalue weighted by Crippen LogP contribution is 2.35. The van der Waals surface area contributed by atoms with Gasteiger partial charge in [-0.2, -0.15) is 0 Å². The summed E-state index contributed by atoms with van der Waals surface area (Å²) in [6.07, 6.45) is 3.75. The van der Waals surface area contributed by atoms with Gasteiger partial charge in [-0.1, -0.05) is 38.8 Å². The van der Waals surface area contributed by atoms with Crippen LogP contribution in [0.5, 0.6) is 5.75 Å². The van der Waals surface area contributed by atoms with E-state index in [-0.39, 0.29) is 22.6 Å². The average Bonchev–Trinajstić information content (AvgIpc) is 2.71. The summed E-state index contributed by atoms with van der Waals surface area (Å²) in [5.41, 5.74) is 1.95. The van der Waals surface area contributed by atoms with Crippen LogP contribution >= 0.6 is 11.8 Å². The predicted molar refractivity (Wildman–Crippen MR) is 114 cm³/mol. The second kappa shape index (κ2) is 10.5. The monoisotopic (exact) mass is 403 g/mol. The molecule has 0 aliphatic heterocycles. The van der Waals surface area contributed by atoms with Crippen molar-refractivity contribution < 1.29 is 14.8 Å². The molecule has 152 valence electrons. The summed E-state index contributed by atoms with van der Waals surface area (Å²) in [6, 6.07) is 12.8. The number of ether oxygens (including phenoxy) is 1. The zero-order valence-corrected chi connectivity index (χ0v) is 17.6. The quantitative estimate of drug-likeness (QED) is 0.306. The van der Waals surface area contributed by atoms with Gasteiger partial charge in [-0.05, 0) is 42.2 Å². The molecule has 0 saturated carbocycles. The number of methoxy groups -OCH3 is 1. The zero-order chi connectivity index (χ0) is 20.6. The number of nitro groups is 1. The molecule has 0 heterocycles. The van der Waals surface area contributed by atoms with Crippen molar-refractivity contribution in [3.05, 3.63) is 63.7 Å². The molecule has 0 bridgehead atoms. The van der Waals surface area contributed by atoms with Gasteiger partial charge in [0.2, 0.25) is 0 Å². The zero-order valence-electron chi connectivity index (χ0n) is 16.8. The van der Waals surface area contributed by atoms with Gasteiger partial charge >= 0.3 is 0 Å². The molecule has 2 rings (SSSR count). The number of unbranched alkanes of at least 4 members (excludes halogenated alkanes) is 1. The number of nitro benzene ring substituents is 1. The first kappa shape index (κ1) is 22.2. The normalized spacial score (nSPS) is 13.1. The smallest absolute Gasteiger partial charge is 0.269 e. The summed E-state index contributed by atoms with van der Waals surface area (Å²) in [5.74, 6) is 1.56. The molecular weight excluding hydrogens is 374 g/mol. The summed E-state index contributed by atoms with van der Waals surface area (Å²) < 4.78 is 5.20. The van der Waals surface area contributed by atoms with Crippen molar-refractivity contribution in [1.29, 1.82) is 0 Å². The fourth-order valence-corrected chi connectivity index (χ4v) is 4.19. The van der Waals surface area contributed by atoms with Crippen molar-refractivity contribution in [2.24, 2.45) is 5.41 Å². The molecule has 2 aromatic carbocycles. The number of aliphatic hydroxyl groups excluding tert-OH is 1. The van der Waals surface area contributed by atoms with E-state index < -0.39 is 0 Å². The number of thioether (sulfide) groups is 1. The molecule has 1 unspecified atom stereocenters. The standard InChI is InChI=1S/C22H29NO4S/c1-4-5-12-22(2,15-24)16-28-21-11-8-19(23(25)26)14-18(21)13-17-6-9-20(27-3)10-7-17/h6-11,14,24H,4-5,12-13,15-16H2,1-3H3. The second-order valence-corrected chi connectivity index (χ2v) is 8.45. The van der Waals surface area contributed by atoms with E-state index in [0.29, 0.717) is 6.42 Å². The van der Waals surface area contributed by atoms with E-state index in [0.717, 1.165) is 46.8 Å². The maximum Gasteiger partial charge on any atom is 0.269 e. The summed E-state index contributed by atoms with van der Waals surface area (Å²) in [4.78, 5) is 11.9. The van der Waals surface area contributed by atoms with Crippen LogP contribution in [0.2, 0.25) is 0 Å². The van der Waals surface area contributed by atoms with Gasteiger partial charge in [-0.25, -0.2) is 0 Å². The van der Waals surface area contributed by atoms with Gasteiger partial charge in [-0.15, -0.1) is 11.8 Å². The second-order valence-electron chi connectivity index (χ2n) is 7.43. The van der Waals surface area contributed by atoms with Crippen molar-refractivity contribution in [3.8, 4) is 5.75 Å². The number of benzene rings is 2. The molecule has 2 aromatic rings. The lowest BCUT2D eigenvalue weighted by Crippen LogP contribution is -2.24. The maximum atomic E-state index is 11.2. The molecule has 1 atom stereocenters. The average molecular weight is 404 g/mol. The van der Waals surface area contributed by atoms with Crippen LogP contribution in [0.3, 0.4) is 0 Å². The molecule has 1 N–H and O–H groups in total. The highest BCUT2D eigenvalue weighted by atomic mass is 32.2. The van der Waals surface area contributed by atoms with Crippen molar-refractivity contribution in [1.82, 2.24) is 0 Å². The Hall–Kier alpha value is -2.05. The van der Waals surface area contributed by atoms with Crippen molar-refractivity contribution >= 4 is 17.4 Å². The fraction of sp³-hybridized carbons (Fsp3) is 0.455. The van der Waals surface area contributed by atoms with E-state index in [4.69, 9.17) is 4.74 Å². The summed E-state index contributed by atoms with van der Waals surface area (Å²) in [6.45, 7) is 4.39. The van der Waals surface area contributed by atoms with Crippen molar-refractivity contribution in [2.45, 2.75) is 44.4 Å². The Morgan fingerprint density at radius 3 is 2.50 bits per heavy atom. The van der Waals surface area contributed by atoms with Crippen LogP contribution in [0.1, 0.15) is 44.2 Å². The molecule has 0 aliphatic carbocycles. The van der Waals surface area contributed by atoms with Gasteiger partial charge in [0.1, 0.15) is 5.75 Å². The van der Waals surface area contributed by atoms with E-state index in [1.807, 2.05) is 30.3 Å². The number of hydrogen-bond donors (Lipinski definition) is 1. The summed E-state index contributed by atoms with van der Waals surface area (Å²) in [5, 5.41) is 21.1. The molecular formula is C22H29NO4S. The Kier molecular flexibility index (Phi) is 8.33. The SMILES string of the molecule is CCCCC(C)(CO)CSc1ccc([N+](=O)[O-])cc1Cc1ccc(OC)cc1. The molecule has 6 heteroatoms. The van der Waals surface area contributed by atoms with Crippen LogP contribution in [0, 0.1) is 15.5 Å². The number of non-ortho nitro benzene ring substituents is 1. The van der Waals surface area contributed by atoms with Crippen LogP contribution in [0.15, 0.2) is 47.4 Å². The van der Waals surface area contributed by atoms with Gasteiger partial charge in [0.25, 0.3) is 5.69 Å². The first-order valence-electron chi connectivity index (χ1n) is 9.54. The topological polar surface area (TPSA) is 72.6 Å². The van der Waals surface area contributed by atoms with Crippen LogP contribution in [-0.2, 0) is 6.42 Å². The number of rotatable bonds is 11. The third-order valence-electron chi connectivity index (χ3n) is 4.90. The van der Waals surface area contributed by atoms with E-state index in [1.165, 1.54) is 0 Å². The minimum Gasteiger partial charge on any atom is -0.497 e. The molecule has 0 fully saturated rings. The Morgan fingerprint density at radius 2 is 1.93 bits per heavy atom. The van der Waals surface area contributed by atoms with Gasteiger partial charge < -0.3 is 9.84 Å². The third-order valence-corrected chi connectivity index (χ3v) is 6.45. The molecule has 0 saturated heterocycles. The van der Waals surface area contributed by atoms with Crippen molar-refractivity contribution in [3.63, 3.8) is 0 Å². The lowest BCUT2D eigenvalue weighted by molar-refractivity contribution is -0.385. The molecule has 28 heavy (non-hydrogen) atoms. The molecule has 0 aromatic heterocycles. The van der Waals surface area contributed by atoms with Gasteiger partial charge in [0.05, 0.1) is 12.0 Å². The van der Waals surface area contributed by atoms with Crippen LogP contribution in [-0.4, -0.2) is 29.5 Å². The molecule has 5 nitrogen and oxygen atoms in total. The highest BCUT2D eigenvalue weighted by Gasteiger charge is 2.24. The fourth-order valence-electron chi connectivity index (χ4n) is 2.97. The Balaban J connectivity index is 2.23. The van der Waals surface area contributed by atoms with Crippen LogP contribution in [0.25, 0.3) is 0 Å². The molecule has 0 amide bonds. The first-order chi connectivity index (χ1) is 13.4. The minimum atomic E-state index is -0.356. The summed E-state index contributed by atoms with van der Waals surface area (Å²) in [7, 11) is 1.63. The number of hydrogen-bond acceptors (Lipinski definition) is 5. The van der Waals surface area contributed by atoms with Gasteiger partial charge in [-0.3, -0.25) is 10.1 Å². The van der Waals surface area contributed by atoms with Crippen LogP contribution in [0.4, 0.5) is 5.69 Å². The van der Waals surface area contributed by atoms with Gasteiger partial charge in [0, 0.05) is 34.8 Å². The Morgan fingerprint density at radius 1 is 1.21 bits per heavy atom. The molecule has 0 aliphatic rings. The highest BCUT2D eigenvalue weighted by molar-refractivity contribution is 7.99. The van der Waals surface area contributed by atoms with E-state index >= 15 is 0 Å². The molecule has 0 radical (unpaired) electrons. The van der Waals surface area contributed by atoms with Gasteiger partial charge in [0.15, 0.2) is 0 Å². The van der Waals surface area contributed by atoms with E-state index in [2.05, 4.69) is 13.8 Å². The molecule has 0 spiro atoms. The number of aliphatic hydroxyl groups is 1. The largest absolute Gasteiger partial charge is 0.497 e. The lowest BCUT2D eigenvalue weighted by atomic mass is 9.88.